The maximum atomic E-state index is 11.1. The van der Waals surface area contributed by atoms with Gasteiger partial charge in [0.15, 0.2) is 0 Å². The van der Waals surface area contributed by atoms with E-state index < -0.39 is 5.97 Å². The Morgan fingerprint density at radius 1 is 1.35 bits per heavy atom. The summed E-state index contributed by atoms with van der Waals surface area (Å²) in [5, 5.41) is 13.2. The number of benzene rings is 1. The molecule has 0 amide bonds. The molecule has 0 saturated heterocycles. The number of fused-ring (bicyclic) bond motifs is 1. The highest BCUT2D eigenvalue weighted by Crippen LogP contribution is 2.19. The SMILES string of the molecule is Cc1nc2ccc(C(=O)O)cc2n1Cc1ccnn1C. The fourth-order valence-electron chi connectivity index (χ4n) is 2.29. The second-order valence-corrected chi connectivity index (χ2v) is 4.70. The van der Waals surface area contributed by atoms with E-state index in [1.807, 2.05) is 24.6 Å². The number of carbonyl (C=O) groups is 1. The average Bonchev–Trinajstić information content (AvgIpc) is 2.94. The van der Waals surface area contributed by atoms with Gasteiger partial charge in [-0.25, -0.2) is 9.78 Å². The molecule has 0 atom stereocenters. The summed E-state index contributed by atoms with van der Waals surface area (Å²) in [5.74, 6) is -0.0819. The van der Waals surface area contributed by atoms with E-state index in [2.05, 4.69) is 10.1 Å². The molecule has 0 saturated carbocycles. The minimum atomic E-state index is -0.933. The molecule has 0 radical (unpaired) electrons. The normalized spacial score (nSPS) is 11.1. The van der Waals surface area contributed by atoms with Gasteiger partial charge in [0.2, 0.25) is 0 Å². The summed E-state index contributed by atoms with van der Waals surface area (Å²) in [6.07, 6.45) is 1.74. The predicted molar refractivity (Wildman–Crippen MR) is 73.7 cm³/mol. The van der Waals surface area contributed by atoms with Crippen LogP contribution < -0.4 is 0 Å². The van der Waals surface area contributed by atoms with Crippen molar-refractivity contribution < 1.29 is 9.90 Å². The Morgan fingerprint density at radius 2 is 2.15 bits per heavy atom. The molecule has 0 bridgehead atoms. The number of carboxylic acid groups (broad SMARTS) is 1. The van der Waals surface area contributed by atoms with Gasteiger partial charge in [-0.3, -0.25) is 4.68 Å². The van der Waals surface area contributed by atoms with Crippen LogP contribution in [0.3, 0.4) is 0 Å². The number of hydrogen-bond acceptors (Lipinski definition) is 3. The zero-order chi connectivity index (χ0) is 14.3. The van der Waals surface area contributed by atoms with Crippen molar-refractivity contribution in [3.8, 4) is 0 Å². The van der Waals surface area contributed by atoms with Crippen molar-refractivity contribution >= 4 is 17.0 Å². The average molecular weight is 270 g/mol. The summed E-state index contributed by atoms with van der Waals surface area (Å²) in [4.78, 5) is 15.6. The van der Waals surface area contributed by atoms with Gasteiger partial charge < -0.3 is 9.67 Å². The van der Waals surface area contributed by atoms with Gasteiger partial charge in [0.25, 0.3) is 0 Å². The van der Waals surface area contributed by atoms with Crippen LogP contribution in [0.25, 0.3) is 11.0 Å². The zero-order valence-corrected chi connectivity index (χ0v) is 11.2. The van der Waals surface area contributed by atoms with Crippen molar-refractivity contribution in [3.05, 3.63) is 47.5 Å². The highest BCUT2D eigenvalue weighted by molar-refractivity contribution is 5.92. The molecule has 6 nitrogen and oxygen atoms in total. The molecule has 1 aromatic carbocycles. The lowest BCUT2D eigenvalue weighted by molar-refractivity contribution is 0.0697. The first-order chi connectivity index (χ1) is 9.56. The summed E-state index contributed by atoms with van der Waals surface area (Å²) in [6.45, 7) is 2.53. The van der Waals surface area contributed by atoms with Gasteiger partial charge in [-0.1, -0.05) is 0 Å². The quantitative estimate of drug-likeness (QED) is 0.788. The highest BCUT2D eigenvalue weighted by Gasteiger charge is 2.12. The molecule has 0 aliphatic heterocycles. The van der Waals surface area contributed by atoms with E-state index in [0.29, 0.717) is 6.54 Å². The molecule has 2 aromatic heterocycles. The molecule has 0 fully saturated rings. The topological polar surface area (TPSA) is 72.9 Å². The largest absolute Gasteiger partial charge is 0.478 e. The third kappa shape index (κ3) is 1.95. The highest BCUT2D eigenvalue weighted by atomic mass is 16.4. The third-order valence-electron chi connectivity index (χ3n) is 3.43. The molecule has 0 aliphatic carbocycles. The Balaban J connectivity index is 2.13. The maximum Gasteiger partial charge on any atom is 0.335 e. The van der Waals surface area contributed by atoms with Crippen LogP contribution in [0, 0.1) is 6.92 Å². The number of aromatic nitrogens is 4. The van der Waals surface area contributed by atoms with Crippen molar-refractivity contribution in [2.45, 2.75) is 13.5 Å². The number of carboxylic acids is 1. The van der Waals surface area contributed by atoms with Gasteiger partial charge in [0, 0.05) is 13.2 Å². The van der Waals surface area contributed by atoms with E-state index in [1.54, 1.807) is 29.1 Å². The standard InChI is InChI=1S/C14H14N4O2/c1-9-16-12-4-3-10(14(19)20)7-13(12)18(9)8-11-5-6-15-17(11)2/h3-7H,8H2,1-2H3,(H,19,20). The molecule has 1 N–H and O–H groups in total. The first kappa shape index (κ1) is 12.4. The molecular formula is C14H14N4O2. The van der Waals surface area contributed by atoms with E-state index in [1.165, 1.54) is 0 Å². The number of imidazole rings is 1. The molecule has 3 rings (SSSR count). The lowest BCUT2D eigenvalue weighted by Gasteiger charge is -2.07. The van der Waals surface area contributed by atoms with E-state index in [9.17, 15) is 4.79 Å². The zero-order valence-electron chi connectivity index (χ0n) is 11.2. The molecule has 0 unspecified atom stereocenters. The molecule has 6 heteroatoms. The Morgan fingerprint density at radius 3 is 2.80 bits per heavy atom. The molecule has 3 aromatic rings. The Kier molecular flexibility index (Phi) is 2.78. The minimum Gasteiger partial charge on any atom is -0.478 e. The number of rotatable bonds is 3. The monoisotopic (exact) mass is 270 g/mol. The summed E-state index contributed by atoms with van der Waals surface area (Å²) < 4.78 is 3.80. The van der Waals surface area contributed by atoms with Crippen LogP contribution in [0.4, 0.5) is 0 Å². The van der Waals surface area contributed by atoms with Gasteiger partial charge in [-0.2, -0.15) is 5.10 Å². The summed E-state index contributed by atoms with van der Waals surface area (Å²) in [6, 6.07) is 6.91. The summed E-state index contributed by atoms with van der Waals surface area (Å²) in [7, 11) is 1.88. The van der Waals surface area contributed by atoms with Gasteiger partial charge in [0.05, 0.1) is 28.8 Å². The van der Waals surface area contributed by atoms with Crippen LogP contribution in [-0.2, 0) is 13.6 Å². The van der Waals surface area contributed by atoms with Crippen LogP contribution in [0.5, 0.6) is 0 Å². The molecule has 2 heterocycles. The third-order valence-corrected chi connectivity index (χ3v) is 3.43. The fourth-order valence-corrected chi connectivity index (χ4v) is 2.29. The first-order valence-corrected chi connectivity index (χ1v) is 6.23. The van der Waals surface area contributed by atoms with Crippen molar-refractivity contribution in [2.24, 2.45) is 7.05 Å². The van der Waals surface area contributed by atoms with E-state index in [-0.39, 0.29) is 5.56 Å². The van der Waals surface area contributed by atoms with E-state index in [4.69, 9.17) is 5.11 Å². The van der Waals surface area contributed by atoms with Gasteiger partial charge in [-0.15, -0.1) is 0 Å². The Bertz CT molecular complexity index is 801. The van der Waals surface area contributed by atoms with Crippen molar-refractivity contribution in [1.82, 2.24) is 19.3 Å². The lowest BCUT2D eigenvalue weighted by Crippen LogP contribution is -2.07. The lowest BCUT2D eigenvalue weighted by atomic mass is 10.2. The van der Waals surface area contributed by atoms with Crippen LogP contribution in [0.1, 0.15) is 21.9 Å². The minimum absolute atomic E-state index is 0.267. The van der Waals surface area contributed by atoms with E-state index in [0.717, 1.165) is 22.6 Å². The molecular weight excluding hydrogens is 256 g/mol. The summed E-state index contributed by atoms with van der Waals surface area (Å²) >= 11 is 0. The van der Waals surface area contributed by atoms with Crippen molar-refractivity contribution in [1.29, 1.82) is 0 Å². The molecule has 0 aliphatic rings. The maximum absolute atomic E-state index is 11.1. The van der Waals surface area contributed by atoms with Crippen molar-refractivity contribution in [2.75, 3.05) is 0 Å². The number of aromatic carboxylic acids is 1. The number of aryl methyl sites for hydroxylation is 2. The smallest absolute Gasteiger partial charge is 0.335 e. The first-order valence-electron chi connectivity index (χ1n) is 6.23. The van der Waals surface area contributed by atoms with Crippen LogP contribution in [0.15, 0.2) is 30.5 Å². The van der Waals surface area contributed by atoms with Crippen LogP contribution in [0.2, 0.25) is 0 Å². The van der Waals surface area contributed by atoms with E-state index >= 15 is 0 Å². The Labute approximate surface area is 115 Å². The second-order valence-electron chi connectivity index (χ2n) is 4.70. The number of nitrogens with zero attached hydrogens (tertiary/aromatic N) is 4. The molecule has 20 heavy (non-hydrogen) atoms. The van der Waals surface area contributed by atoms with Gasteiger partial charge in [-0.05, 0) is 31.2 Å². The van der Waals surface area contributed by atoms with Crippen molar-refractivity contribution in [3.63, 3.8) is 0 Å². The predicted octanol–water partition coefficient (Wildman–Crippen LogP) is 1.82. The summed E-state index contributed by atoms with van der Waals surface area (Å²) in [5.41, 5.74) is 2.93. The second kappa shape index (κ2) is 4.48. The molecule has 0 spiro atoms. The number of hydrogen-bond donors (Lipinski definition) is 1. The molecule has 102 valence electrons. The van der Waals surface area contributed by atoms with Gasteiger partial charge in [0.1, 0.15) is 5.82 Å². The fraction of sp³-hybridized carbons (Fsp3) is 0.214. The van der Waals surface area contributed by atoms with Crippen LogP contribution in [-0.4, -0.2) is 30.4 Å². The van der Waals surface area contributed by atoms with Crippen LogP contribution >= 0.6 is 0 Å². The Hall–Kier alpha value is -2.63. The van der Waals surface area contributed by atoms with Gasteiger partial charge >= 0.3 is 5.97 Å².